The standard InChI is InChI=1S/C13H12O4/c1-8(14)11-4-6-12(7-5-11)13(16)9(2)17-10(3)15/h4-7H,2H2,1,3H3. The largest absolute Gasteiger partial charge is 0.423 e. The molecule has 0 bridgehead atoms. The van der Waals surface area contributed by atoms with E-state index in [1.807, 2.05) is 0 Å². The van der Waals surface area contributed by atoms with Crippen molar-refractivity contribution in [2.24, 2.45) is 0 Å². The number of hydrogen-bond acceptors (Lipinski definition) is 4. The van der Waals surface area contributed by atoms with Crippen LogP contribution in [0.25, 0.3) is 0 Å². The fourth-order valence-electron chi connectivity index (χ4n) is 1.24. The maximum atomic E-state index is 11.7. The number of hydrogen-bond donors (Lipinski definition) is 0. The zero-order valence-corrected chi connectivity index (χ0v) is 9.65. The number of benzene rings is 1. The van der Waals surface area contributed by atoms with Crippen LogP contribution in [0.2, 0.25) is 0 Å². The number of ether oxygens (including phenoxy) is 1. The SMILES string of the molecule is C=C(OC(C)=O)C(=O)c1ccc(C(C)=O)cc1. The van der Waals surface area contributed by atoms with Crippen molar-refractivity contribution >= 4 is 17.5 Å². The molecule has 0 unspecified atom stereocenters. The van der Waals surface area contributed by atoms with Crippen molar-refractivity contribution in [3.8, 4) is 0 Å². The van der Waals surface area contributed by atoms with E-state index in [9.17, 15) is 14.4 Å². The predicted molar refractivity (Wildman–Crippen MR) is 61.7 cm³/mol. The highest BCUT2D eigenvalue weighted by Crippen LogP contribution is 2.10. The first kappa shape index (κ1) is 12.8. The summed E-state index contributed by atoms with van der Waals surface area (Å²) in [4.78, 5) is 33.4. The number of Topliss-reactive ketones (excluding diaryl/α,β-unsaturated/α-hetero) is 2. The van der Waals surface area contributed by atoms with Gasteiger partial charge in [0.15, 0.2) is 11.5 Å². The average Bonchev–Trinajstić information content (AvgIpc) is 2.27. The Hall–Kier alpha value is -2.23. The van der Waals surface area contributed by atoms with E-state index in [2.05, 4.69) is 11.3 Å². The summed E-state index contributed by atoms with van der Waals surface area (Å²) in [6, 6.07) is 6.06. The second-order valence-electron chi connectivity index (χ2n) is 3.48. The lowest BCUT2D eigenvalue weighted by Gasteiger charge is -2.04. The monoisotopic (exact) mass is 232 g/mol. The fourth-order valence-corrected chi connectivity index (χ4v) is 1.24. The number of allylic oxidation sites excluding steroid dienone is 1. The van der Waals surface area contributed by atoms with E-state index in [-0.39, 0.29) is 11.5 Å². The predicted octanol–water partition coefficient (Wildman–Crippen LogP) is 2.15. The summed E-state index contributed by atoms with van der Waals surface area (Å²) in [5, 5.41) is 0. The normalized spacial score (nSPS) is 9.53. The summed E-state index contributed by atoms with van der Waals surface area (Å²) in [6.07, 6.45) is 0. The van der Waals surface area contributed by atoms with Crippen LogP contribution >= 0.6 is 0 Å². The van der Waals surface area contributed by atoms with Crippen molar-refractivity contribution in [1.29, 1.82) is 0 Å². The maximum Gasteiger partial charge on any atom is 0.308 e. The summed E-state index contributed by atoms with van der Waals surface area (Å²) in [5.74, 6) is -1.38. The lowest BCUT2D eigenvalue weighted by atomic mass is 10.1. The Balaban J connectivity index is 2.86. The Morgan fingerprint density at radius 2 is 1.47 bits per heavy atom. The first-order valence-corrected chi connectivity index (χ1v) is 4.95. The van der Waals surface area contributed by atoms with Crippen molar-refractivity contribution in [3.63, 3.8) is 0 Å². The third-order valence-electron chi connectivity index (χ3n) is 2.07. The molecule has 0 spiro atoms. The number of ketones is 2. The minimum Gasteiger partial charge on any atom is -0.423 e. The molecule has 0 aliphatic carbocycles. The molecular formula is C13H12O4. The van der Waals surface area contributed by atoms with Crippen LogP contribution in [0.5, 0.6) is 0 Å². The molecule has 0 atom stereocenters. The molecule has 0 radical (unpaired) electrons. The van der Waals surface area contributed by atoms with Crippen LogP contribution in [0.3, 0.4) is 0 Å². The summed E-state index contributed by atoms with van der Waals surface area (Å²) >= 11 is 0. The van der Waals surface area contributed by atoms with Crippen molar-refractivity contribution < 1.29 is 19.1 Å². The summed E-state index contributed by atoms with van der Waals surface area (Å²) in [6.45, 7) is 6.00. The van der Waals surface area contributed by atoms with Gasteiger partial charge in [0, 0.05) is 18.1 Å². The zero-order chi connectivity index (χ0) is 13.0. The molecule has 1 aromatic rings. The van der Waals surface area contributed by atoms with Gasteiger partial charge in [-0.25, -0.2) is 0 Å². The van der Waals surface area contributed by atoms with Gasteiger partial charge in [-0.05, 0) is 6.92 Å². The van der Waals surface area contributed by atoms with Crippen molar-refractivity contribution in [2.45, 2.75) is 13.8 Å². The van der Waals surface area contributed by atoms with Crippen molar-refractivity contribution in [2.75, 3.05) is 0 Å². The molecule has 0 N–H and O–H groups in total. The molecule has 4 heteroatoms. The first-order chi connectivity index (χ1) is 7.91. The highest BCUT2D eigenvalue weighted by Gasteiger charge is 2.13. The van der Waals surface area contributed by atoms with E-state index in [0.717, 1.165) is 0 Å². The Morgan fingerprint density at radius 3 is 1.88 bits per heavy atom. The zero-order valence-electron chi connectivity index (χ0n) is 9.65. The van der Waals surface area contributed by atoms with Crippen molar-refractivity contribution in [1.82, 2.24) is 0 Å². The van der Waals surface area contributed by atoms with E-state index >= 15 is 0 Å². The van der Waals surface area contributed by atoms with E-state index in [1.54, 1.807) is 0 Å². The molecule has 0 amide bonds. The molecule has 4 nitrogen and oxygen atoms in total. The van der Waals surface area contributed by atoms with E-state index in [1.165, 1.54) is 38.1 Å². The van der Waals surface area contributed by atoms with Gasteiger partial charge in [-0.3, -0.25) is 14.4 Å². The number of carbonyl (C=O) groups excluding carboxylic acids is 3. The number of esters is 1. The second-order valence-corrected chi connectivity index (χ2v) is 3.48. The van der Waals surface area contributed by atoms with Crippen LogP contribution in [0, 0.1) is 0 Å². The van der Waals surface area contributed by atoms with E-state index < -0.39 is 11.8 Å². The van der Waals surface area contributed by atoms with Crippen molar-refractivity contribution in [3.05, 3.63) is 47.7 Å². The summed E-state index contributed by atoms with van der Waals surface area (Å²) in [5.41, 5.74) is 0.834. The van der Waals surface area contributed by atoms with Gasteiger partial charge < -0.3 is 4.74 Å². The highest BCUT2D eigenvalue weighted by atomic mass is 16.5. The molecule has 88 valence electrons. The van der Waals surface area contributed by atoms with Gasteiger partial charge in [0.2, 0.25) is 5.78 Å². The van der Waals surface area contributed by atoms with Gasteiger partial charge >= 0.3 is 5.97 Å². The Kier molecular flexibility index (Phi) is 3.93. The fraction of sp³-hybridized carbons (Fsp3) is 0.154. The molecule has 0 aliphatic heterocycles. The lowest BCUT2D eigenvalue weighted by Crippen LogP contribution is -2.09. The van der Waals surface area contributed by atoms with Gasteiger partial charge in [-0.1, -0.05) is 30.8 Å². The molecule has 0 saturated carbocycles. The van der Waals surface area contributed by atoms with Gasteiger partial charge in [0.05, 0.1) is 0 Å². The summed E-state index contributed by atoms with van der Waals surface area (Å²) < 4.78 is 4.59. The topological polar surface area (TPSA) is 60.4 Å². The minimum atomic E-state index is -0.594. The molecule has 0 heterocycles. The quantitative estimate of drug-likeness (QED) is 0.345. The first-order valence-electron chi connectivity index (χ1n) is 4.95. The summed E-state index contributed by atoms with van der Waals surface area (Å²) in [7, 11) is 0. The van der Waals surface area contributed by atoms with Gasteiger partial charge in [-0.2, -0.15) is 0 Å². The van der Waals surface area contributed by atoms with Crippen LogP contribution < -0.4 is 0 Å². The molecule has 17 heavy (non-hydrogen) atoms. The maximum absolute atomic E-state index is 11.7. The number of rotatable bonds is 4. The van der Waals surface area contributed by atoms with Crippen LogP contribution in [-0.2, 0) is 9.53 Å². The molecule has 0 saturated heterocycles. The Bertz CT molecular complexity index is 483. The van der Waals surface area contributed by atoms with Crippen LogP contribution in [-0.4, -0.2) is 17.5 Å². The van der Waals surface area contributed by atoms with Crippen LogP contribution in [0.4, 0.5) is 0 Å². The molecule has 0 fully saturated rings. The average molecular weight is 232 g/mol. The molecular weight excluding hydrogens is 220 g/mol. The Morgan fingerprint density at radius 1 is 1.00 bits per heavy atom. The lowest BCUT2D eigenvalue weighted by molar-refractivity contribution is -0.136. The second kappa shape index (κ2) is 5.21. The molecule has 1 rings (SSSR count). The van der Waals surface area contributed by atoms with Crippen LogP contribution in [0.15, 0.2) is 36.6 Å². The van der Waals surface area contributed by atoms with Gasteiger partial charge in [0.25, 0.3) is 0 Å². The smallest absolute Gasteiger partial charge is 0.308 e. The highest BCUT2D eigenvalue weighted by molar-refractivity contribution is 6.08. The third kappa shape index (κ3) is 3.38. The van der Waals surface area contributed by atoms with Crippen LogP contribution in [0.1, 0.15) is 34.6 Å². The molecule has 1 aromatic carbocycles. The van der Waals surface area contributed by atoms with Gasteiger partial charge in [0.1, 0.15) is 0 Å². The molecule has 0 aromatic heterocycles. The number of carbonyl (C=O) groups is 3. The van der Waals surface area contributed by atoms with E-state index in [0.29, 0.717) is 11.1 Å². The minimum absolute atomic E-state index is 0.0807. The third-order valence-corrected chi connectivity index (χ3v) is 2.07. The van der Waals surface area contributed by atoms with Gasteiger partial charge in [-0.15, -0.1) is 0 Å². The van der Waals surface area contributed by atoms with E-state index in [4.69, 9.17) is 0 Å². The molecule has 0 aliphatic rings. The Labute approximate surface area is 98.9 Å².